The minimum Gasteiger partial charge on any atom is -0.462 e. The van der Waals surface area contributed by atoms with Crippen molar-refractivity contribution in [2.24, 2.45) is 0 Å². The molecule has 0 aliphatic heterocycles. The van der Waals surface area contributed by atoms with Gasteiger partial charge >= 0.3 is 5.97 Å². The molecule has 1 aromatic rings. The summed E-state index contributed by atoms with van der Waals surface area (Å²) < 4.78 is 6.52. The third-order valence-corrected chi connectivity index (χ3v) is 2.16. The number of hydrogen-bond acceptors (Lipinski definition) is 3. The quantitative estimate of drug-likeness (QED) is 0.579. The summed E-state index contributed by atoms with van der Waals surface area (Å²) in [5.41, 5.74) is 1.84. The van der Waals surface area contributed by atoms with E-state index in [-0.39, 0.29) is 5.97 Å². The first-order chi connectivity index (χ1) is 8.13. The van der Waals surface area contributed by atoms with Gasteiger partial charge < -0.3 is 4.74 Å². The Kier molecular flexibility index (Phi) is 4.46. The van der Waals surface area contributed by atoms with Crippen LogP contribution in [0.15, 0.2) is 37.6 Å². The van der Waals surface area contributed by atoms with Crippen molar-refractivity contribution in [2.45, 2.75) is 13.8 Å². The molecule has 1 rings (SSSR count). The highest BCUT2D eigenvalue weighted by molar-refractivity contribution is 5.90. The number of rotatable bonds is 5. The molecular formula is C13H16N2O2. The smallest absolute Gasteiger partial charge is 0.341 e. The fourth-order valence-corrected chi connectivity index (χ4v) is 1.36. The van der Waals surface area contributed by atoms with E-state index in [1.807, 2.05) is 0 Å². The second kappa shape index (κ2) is 5.84. The molecule has 0 spiro atoms. The van der Waals surface area contributed by atoms with Gasteiger partial charge in [-0.3, -0.25) is 0 Å². The van der Waals surface area contributed by atoms with Crippen LogP contribution in [0.25, 0.3) is 5.70 Å². The zero-order valence-electron chi connectivity index (χ0n) is 10.1. The Labute approximate surface area is 101 Å². The summed E-state index contributed by atoms with van der Waals surface area (Å²) in [5.74, 6) is -0.363. The topological polar surface area (TPSA) is 44.1 Å². The van der Waals surface area contributed by atoms with Crippen molar-refractivity contribution in [3.05, 3.63) is 48.8 Å². The lowest BCUT2D eigenvalue weighted by molar-refractivity contribution is 0.0525. The van der Waals surface area contributed by atoms with Crippen molar-refractivity contribution in [1.82, 2.24) is 9.78 Å². The molecule has 90 valence electrons. The predicted molar refractivity (Wildman–Crippen MR) is 67.6 cm³/mol. The Morgan fingerprint density at radius 1 is 1.59 bits per heavy atom. The number of aromatic nitrogens is 2. The summed E-state index contributed by atoms with van der Waals surface area (Å²) in [5, 5.41) is 4.23. The fraction of sp³-hybridized carbons (Fsp3) is 0.231. The molecule has 0 fully saturated rings. The van der Waals surface area contributed by atoms with Crippen LogP contribution in [0.2, 0.25) is 0 Å². The van der Waals surface area contributed by atoms with Crippen molar-refractivity contribution in [3.63, 3.8) is 0 Å². The van der Waals surface area contributed by atoms with Gasteiger partial charge in [0.2, 0.25) is 0 Å². The number of carbonyl (C=O) groups excluding carboxylic acids is 1. The Morgan fingerprint density at radius 3 is 2.82 bits per heavy atom. The largest absolute Gasteiger partial charge is 0.462 e. The van der Waals surface area contributed by atoms with Crippen LogP contribution in [-0.4, -0.2) is 22.4 Å². The maximum atomic E-state index is 11.6. The van der Waals surface area contributed by atoms with E-state index in [4.69, 9.17) is 4.74 Å². The van der Waals surface area contributed by atoms with Gasteiger partial charge in [0, 0.05) is 6.20 Å². The van der Waals surface area contributed by atoms with Gasteiger partial charge in [-0.25, -0.2) is 9.48 Å². The molecule has 4 heteroatoms. The number of ether oxygens (including phenoxy) is 1. The monoisotopic (exact) mass is 232 g/mol. The SMILES string of the molecule is C=C/C=C(\C=C)n1cc(C(=O)OCC)c(C)n1. The van der Waals surface area contributed by atoms with Crippen molar-refractivity contribution in [2.75, 3.05) is 6.61 Å². The lowest BCUT2D eigenvalue weighted by Crippen LogP contribution is -2.04. The molecule has 17 heavy (non-hydrogen) atoms. The minimum atomic E-state index is -0.363. The third-order valence-electron chi connectivity index (χ3n) is 2.16. The zero-order valence-corrected chi connectivity index (χ0v) is 10.1. The van der Waals surface area contributed by atoms with E-state index in [1.54, 1.807) is 43.0 Å². The molecule has 0 unspecified atom stereocenters. The summed E-state index contributed by atoms with van der Waals surface area (Å²) in [6.07, 6.45) is 6.67. The Bertz CT molecular complexity index is 470. The molecule has 0 bridgehead atoms. The van der Waals surface area contributed by atoms with Gasteiger partial charge in [-0.2, -0.15) is 5.10 Å². The molecule has 0 N–H and O–H groups in total. The Balaban J connectivity index is 3.10. The molecule has 0 aliphatic rings. The van der Waals surface area contributed by atoms with Crippen LogP contribution in [0.1, 0.15) is 23.0 Å². The van der Waals surface area contributed by atoms with E-state index in [0.29, 0.717) is 17.9 Å². The molecule has 0 aromatic carbocycles. The second-order valence-electron chi connectivity index (χ2n) is 3.32. The average Bonchev–Trinajstić information content (AvgIpc) is 2.68. The molecule has 1 aromatic heterocycles. The zero-order chi connectivity index (χ0) is 12.8. The summed E-state index contributed by atoms with van der Waals surface area (Å²) in [4.78, 5) is 11.6. The number of esters is 1. The van der Waals surface area contributed by atoms with Gasteiger partial charge in [-0.15, -0.1) is 0 Å². The highest BCUT2D eigenvalue weighted by Gasteiger charge is 2.14. The number of aryl methyl sites for hydroxylation is 1. The average molecular weight is 232 g/mol. The maximum absolute atomic E-state index is 11.6. The van der Waals surface area contributed by atoms with Crippen LogP contribution in [-0.2, 0) is 4.74 Å². The first-order valence-electron chi connectivity index (χ1n) is 5.33. The van der Waals surface area contributed by atoms with Crippen LogP contribution in [0, 0.1) is 6.92 Å². The third kappa shape index (κ3) is 2.93. The first-order valence-corrected chi connectivity index (χ1v) is 5.33. The van der Waals surface area contributed by atoms with Crippen molar-refractivity contribution in [3.8, 4) is 0 Å². The molecule has 0 saturated heterocycles. The van der Waals surface area contributed by atoms with Crippen LogP contribution in [0.5, 0.6) is 0 Å². The maximum Gasteiger partial charge on any atom is 0.341 e. The van der Waals surface area contributed by atoms with E-state index >= 15 is 0 Å². The number of hydrogen-bond donors (Lipinski definition) is 0. The molecule has 0 aliphatic carbocycles. The van der Waals surface area contributed by atoms with Crippen LogP contribution < -0.4 is 0 Å². The molecule has 0 atom stereocenters. The van der Waals surface area contributed by atoms with Gasteiger partial charge in [0.25, 0.3) is 0 Å². The summed E-state index contributed by atoms with van der Waals surface area (Å²) >= 11 is 0. The minimum absolute atomic E-state index is 0.347. The Morgan fingerprint density at radius 2 is 2.29 bits per heavy atom. The van der Waals surface area contributed by atoms with Gasteiger partial charge in [-0.1, -0.05) is 19.2 Å². The molecule has 0 radical (unpaired) electrons. The Hall–Kier alpha value is -2.10. The van der Waals surface area contributed by atoms with Crippen molar-refractivity contribution in [1.29, 1.82) is 0 Å². The van der Waals surface area contributed by atoms with Crippen LogP contribution in [0.3, 0.4) is 0 Å². The number of carbonyl (C=O) groups is 1. The van der Waals surface area contributed by atoms with Crippen LogP contribution >= 0.6 is 0 Å². The standard InChI is InChI=1S/C13H16N2O2/c1-5-8-11(6-2)15-9-12(10(4)14-15)13(16)17-7-3/h5-6,8-9H,1-2,7H2,3-4H3/b11-8+. The predicted octanol–water partition coefficient (Wildman–Crippen LogP) is 2.58. The van der Waals surface area contributed by atoms with E-state index in [2.05, 4.69) is 18.3 Å². The van der Waals surface area contributed by atoms with E-state index in [9.17, 15) is 4.79 Å². The van der Waals surface area contributed by atoms with Gasteiger partial charge in [0.05, 0.1) is 18.0 Å². The molecule has 4 nitrogen and oxygen atoms in total. The molecule has 0 saturated carbocycles. The highest BCUT2D eigenvalue weighted by atomic mass is 16.5. The van der Waals surface area contributed by atoms with E-state index in [1.165, 1.54) is 0 Å². The molecule has 0 amide bonds. The second-order valence-corrected chi connectivity index (χ2v) is 3.32. The van der Waals surface area contributed by atoms with Crippen LogP contribution in [0.4, 0.5) is 0 Å². The molecule has 1 heterocycles. The summed E-state index contributed by atoms with van der Waals surface area (Å²) in [6.45, 7) is 11.2. The van der Waals surface area contributed by atoms with Gasteiger partial charge in [0.1, 0.15) is 5.56 Å². The van der Waals surface area contributed by atoms with Gasteiger partial charge in [-0.05, 0) is 26.0 Å². The highest BCUT2D eigenvalue weighted by Crippen LogP contribution is 2.12. The van der Waals surface area contributed by atoms with Crippen molar-refractivity contribution < 1.29 is 9.53 Å². The fourth-order valence-electron chi connectivity index (χ4n) is 1.36. The van der Waals surface area contributed by atoms with E-state index in [0.717, 1.165) is 5.70 Å². The van der Waals surface area contributed by atoms with E-state index < -0.39 is 0 Å². The first kappa shape index (κ1) is 13.0. The summed E-state index contributed by atoms with van der Waals surface area (Å²) in [6, 6.07) is 0. The lowest BCUT2D eigenvalue weighted by Gasteiger charge is -1.99. The van der Waals surface area contributed by atoms with Gasteiger partial charge in [0.15, 0.2) is 0 Å². The van der Waals surface area contributed by atoms with Crippen molar-refractivity contribution >= 4 is 11.7 Å². The lowest BCUT2D eigenvalue weighted by atomic mass is 10.3. The number of allylic oxidation sites excluding steroid dienone is 4. The molecular weight excluding hydrogens is 216 g/mol. The summed E-state index contributed by atoms with van der Waals surface area (Å²) in [7, 11) is 0. The number of nitrogens with zero attached hydrogens (tertiary/aromatic N) is 2. The normalized spacial score (nSPS) is 11.1.